The second-order valence-corrected chi connectivity index (χ2v) is 4.82. The topological polar surface area (TPSA) is 62.6 Å². The van der Waals surface area contributed by atoms with Gasteiger partial charge < -0.3 is 15.5 Å². The fourth-order valence-electron chi connectivity index (χ4n) is 2.35. The van der Waals surface area contributed by atoms with Gasteiger partial charge in [0.05, 0.1) is 13.1 Å². The van der Waals surface area contributed by atoms with Crippen LogP contribution in [0.25, 0.3) is 0 Å². The lowest BCUT2D eigenvalue weighted by Gasteiger charge is -2.25. The van der Waals surface area contributed by atoms with Crippen LogP contribution in [0.5, 0.6) is 0 Å². The van der Waals surface area contributed by atoms with E-state index in [0.717, 1.165) is 19.5 Å². The molecule has 19 heavy (non-hydrogen) atoms. The Bertz CT molecular complexity index is 474. The van der Waals surface area contributed by atoms with Crippen LogP contribution < -0.4 is 15.5 Å². The van der Waals surface area contributed by atoms with Crippen molar-refractivity contribution in [3.63, 3.8) is 0 Å². The predicted octanol–water partition coefficient (Wildman–Crippen LogP) is -1.51. The molecule has 1 aliphatic rings. The van der Waals surface area contributed by atoms with Crippen molar-refractivity contribution < 1.29 is 14.5 Å². The summed E-state index contributed by atoms with van der Waals surface area (Å²) < 4.78 is 0. The smallest absolute Gasteiger partial charge is 0.275 e. The summed E-state index contributed by atoms with van der Waals surface area (Å²) in [5.41, 5.74) is 2.71. The number of benzene rings is 1. The van der Waals surface area contributed by atoms with Crippen molar-refractivity contribution in [3.8, 4) is 0 Å². The molecule has 5 nitrogen and oxygen atoms in total. The van der Waals surface area contributed by atoms with Gasteiger partial charge in [0.2, 0.25) is 5.91 Å². The molecule has 1 aliphatic heterocycles. The molecule has 1 atom stereocenters. The Balaban J connectivity index is 1.82. The van der Waals surface area contributed by atoms with Gasteiger partial charge in [-0.1, -0.05) is 24.3 Å². The Hall–Kier alpha value is -1.88. The predicted molar refractivity (Wildman–Crippen MR) is 71.6 cm³/mol. The maximum atomic E-state index is 11.7. The average molecular weight is 262 g/mol. The number of rotatable bonds is 4. The van der Waals surface area contributed by atoms with E-state index >= 15 is 0 Å². The lowest BCUT2D eigenvalue weighted by atomic mass is 10.00. The Morgan fingerprint density at radius 3 is 2.68 bits per heavy atom. The first-order chi connectivity index (χ1) is 9.19. The van der Waals surface area contributed by atoms with E-state index in [1.165, 1.54) is 16.0 Å². The Morgan fingerprint density at radius 1 is 1.21 bits per heavy atom. The number of hydrogen-bond donors (Lipinski definition) is 3. The number of fused-ring (bicyclic) bond motifs is 1. The second kappa shape index (κ2) is 6.33. The summed E-state index contributed by atoms with van der Waals surface area (Å²) in [6, 6.07) is 8.36. The first kappa shape index (κ1) is 13.5. The fraction of sp³-hybridized carbons (Fsp3) is 0.429. The van der Waals surface area contributed by atoms with E-state index in [4.69, 9.17) is 0 Å². The lowest BCUT2D eigenvalue weighted by molar-refractivity contribution is -0.908. The van der Waals surface area contributed by atoms with Gasteiger partial charge in [-0.2, -0.15) is 0 Å². The first-order valence-corrected chi connectivity index (χ1v) is 6.56. The molecule has 102 valence electrons. The first-order valence-electron chi connectivity index (χ1n) is 6.56. The minimum Gasteiger partial charge on any atom is -0.358 e. The molecule has 1 aromatic rings. The Labute approximate surface area is 113 Å². The number of quaternary nitrogens is 1. The highest BCUT2D eigenvalue weighted by Crippen LogP contribution is 2.10. The third-order valence-electron chi connectivity index (χ3n) is 3.44. The average Bonchev–Trinajstić information content (AvgIpc) is 2.44. The van der Waals surface area contributed by atoms with E-state index in [-0.39, 0.29) is 18.4 Å². The van der Waals surface area contributed by atoms with Crippen LogP contribution in [0.15, 0.2) is 24.3 Å². The van der Waals surface area contributed by atoms with E-state index in [0.29, 0.717) is 6.54 Å². The van der Waals surface area contributed by atoms with Crippen LogP contribution in [0.4, 0.5) is 0 Å². The zero-order valence-electron chi connectivity index (χ0n) is 11.2. The number of carbonyl (C=O) groups excluding carboxylic acids is 2. The van der Waals surface area contributed by atoms with Crippen molar-refractivity contribution in [2.24, 2.45) is 0 Å². The highest BCUT2D eigenvalue weighted by Gasteiger charge is 2.21. The third-order valence-corrected chi connectivity index (χ3v) is 3.44. The summed E-state index contributed by atoms with van der Waals surface area (Å²) in [7, 11) is 1.56. The molecule has 0 radical (unpaired) electrons. The molecular weight excluding hydrogens is 242 g/mol. The quantitative estimate of drug-likeness (QED) is 0.618. The van der Waals surface area contributed by atoms with Gasteiger partial charge in [-0.05, 0) is 5.56 Å². The van der Waals surface area contributed by atoms with Crippen LogP contribution in [-0.2, 0) is 22.6 Å². The third kappa shape index (κ3) is 3.79. The van der Waals surface area contributed by atoms with E-state index in [1.54, 1.807) is 7.05 Å². The summed E-state index contributed by atoms with van der Waals surface area (Å²) in [6.07, 6.45) is 1.01. The Kier molecular flexibility index (Phi) is 4.52. The molecule has 0 spiro atoms. The van der Waals surface area contributed by atoms with Crippen molar-refractivity contribution in [2.75, 3.05) is 26.7 Å². The standard InChI is InChI=1S/C14H19N3O2/c1-15-13(18)8-16-14(19)10-17-7-6-11-4-2-3-5-12(11)9-17/h2-5H,6-10H2,1H3,(H,15,18)(H,16,19)/p+1. The monoisotopic (exact) mass is 262 g/mol. The minimum atomic E-state index is -0.174. The minimum absolute atomic E-state index is 0.0548. The van der Waals surface area contributed by atoms with Gasteiger partial charge in [0, 0.05) is 19.0 Å². The summed E-state index contributed by atoms with van der Waals surface area (Å²) >= 11 is 0. The van der Waals surface area contributed by atoms with Crippen LogP contribution >= 0.6 is 0 Å². The fourth-order valence-corrected chi connectivity index (χ4v) is 2.35. The van der Waals surface area contributed by atoms with Crippen LogP contribution in [0.1, 0.15) is 11.1 Å². The van der Waals surface area contributed by atoms with Gasteiger partial charge in [-0.15, -0.1) is 0 Å². The molecule has 0 fully saturated rings. The highest BCUT2D eigenvalue weighted by atomic mass is 16.2. The largest absolute Gasteiger partial charge is 0.358 e. The summed E-state index contributed by atoms with van der Waals surface area (Å²) in [6.45, 7) is 2.32. The van der Waals surface area contributed by atoms with Gasteiger partial charge in [0.25, 0.3) is 5.91 Å². The number of amides is 2. The number of nitrogens with one attached hydrogen (secondary N) is 3. The van der Waals surface area contributed by atoms with Crippen molar-refractivity contribution in [3.05, 3.63) is 35.4 Å². The SMILES string of the molecule is CNC(=O)CNC(=O)C[NH+]1CCc2ccccc2C1. The molecule has 1 unspecified atom stereocenters. The number of hydrogen-bond acceptors (Lipinski definition) is 2. The number of carbonyl (C=O) groups is 2. The van der Waals surface area contributed by atoms with Gasteiger partial charge >= 0.3 is 0 Å². The molecule has 3 N–H and O–H groups in total. The van der Waals surface area contributed by atoms with E-state index in [2.05, 4.69) is 28.8 Å². The lowest BCUT2D eigenvalue weighted by Crippen LogP contribution is -3.12. The van der Waals surface area contributed by atoms with Crippen molar-refractivity contribution in [2.45, 2.75) is 13.0 Å². The molecular formula is C14H20N3O2+. The molecule has 0 aromatic heterocycles. The maximum Gasteiger partial charge on any atom is 0.275 e. The summed E-state index contributed by atoms with van der Waals surface area (Å²) in [4.78, 5) is 24.0. The van der Waals surface area contributed by atoms with E-state index in [1.807, 2.05) is 6.07 Å². The molecule has 5 heteroatoms. The summed E-state index contributed by atoms with van der Waals surface area (Å²) in [5, 5.41) is 5.11. The molecule has 2 amide bonds. The van der Waals surface area contributed by atoms with Gasteiger partial charge in [0.1, 0.15) is 6.54 Å². The van der Waals surface area contributed by atoms with Crippen molar-refractivity contribution in [1.82, 2.24) is 10.6 Å². The second-order valence-electron chi connectivity index (χ2n) is 4.82. The molecule has 0 bridgehead atoms. The van der Waals surface area contributed by atoms with Crippen LogP contribution in [-0.4, -0.2) is 38.5 Å². The van der Waals surface area contributed by atoms with Crippen molar-refractivity contribution in [1.29, 1.82) is 0 Å². The molecule has 0 saturated carbocycles. The zero-order valence-corrected chi connectivity index (χ0v) is 11.2. The number of likely N-dealkylation sites (N-methyl/N-ethyl adjacent to an activating group) is 1. The Morgan fingerprint density at radius 2 is 1.95 bits per heavy atom. The molecule has 2 rings (SSSR count). The van der Waals surface area contributed by atoms with Crippen molar-refractivity contribution >= 4 is 11.8 Å². The molecule has 0 aliphatic carbocycles. The maximum absolute atomic E-state index is 11.7. The van der Waals surface area contributed by atoms with Gasteiger partial charge in [-0.3, -0.25) is 9.59 Å². The van der Waals surface area contributed by atoms with Crippen LogP contribution in [0.2, 0.25) is 0 Å². The van der Waals surface area contributed by atoms with Crippen LogP contribution in [0, 0.1) is 0 Å². The van der Waals surface area contributed by atoms with E-state index in [9.17, 15) is 9.59 Å². The zero-order chi connectivity index (χ0) is 13.7. The van der Waals surface area contributed by atoms with Gasteiger partial charge in [0.15, 0.2) is 6.54 Å². The van der Waals surface area contributed by atoms with Gasteiger partial charge in [-0.25, -0.2) is 0 Å². The van der Waals surface area contributed by atoms with E-state index < -0.39 is 0 Å². The molecule has 1 heterocycles. The molecule has 0 saturated heterocycles. The normalized spacial score (nSPS) is 17.4. The highest BCUT2D eigenvalue weighted by molar-refractivity contribution is 5.84. The summed E-state index contributed by atoms with van der Waals surface area (Å²) in [5.74, 6) is -0.245. The molecule has 1 aromatic carbocycles. The van der Waals surface area contributed by atoms with Crippen LogP contribution in [0.3, 0.4) is 0 Å².